The van der Waals surface area contributed by atoms with Crippen molar-refractivity contribution >= 4 is 11.8 Å². The number of para-hydroxylation sites is 1. The van der Waals surface area contributed by atoms with E-state index in [-0.39, 0.29) is 17.9 Å². The summed E-state index contributed by atoms with van der Waals surface area (Å²) in [5.74, 6) is -0.00717. The Morgan fingerprint density at radius 1 is 1.28 bits per heavy atom. The number of nitrogens with zero attached hydrogens (tertiary/aromatic N) is 1. The Morgan fingerprint density at radius 3 is 2.39 bits per heavy atom. The van der Waals surface area contributed by atoms with Crippen molar-refractivity contribution in [3.63, 3.8) is 0 Å². The predicted molar refractivity (Wildman–Crippen MR) is 69.6 cm³/mol. The molecule has 0 saturated carbocycles. The Labute approximate surface area is 108 Å². The van der Waals surface area contributed by atoms with E-state index in [9.17, 15) is 9.59 Å². The van der Waals surface area contributed by atoms with Crippen LogP contribution < -0.4 is 4.74 Å². The van der Waals surface area contributed by atoms with Crippen LogP contribution in [0.4, 0.5) is 0 Å². The van der Waals surface area contributed by atoms with Crippen molar-refractivity contribution < 1.29 is 14.3 Å². The predicted octanol–water partition coefficient (Wildman–Crippen LogP) is 2.48. The number of ether oxygens (including phenoxy) is 1. The lowest BCUT2D eigenvalue weighted by Gasteiger charge is -2.25. The maximum Gasteiger partial charge on any atom is 0.264 e. The molecule has 4 heteroatoms. The standard InChI is InChI=1S/C14H19NO3/c1-5-13(16)15(10(2)3)14(17)11-8-6-7-9-12(11)18-4/h6-10H,5H2,1-4H3. The lowest BCUT2D eigenvalue weighted by atomic mass is 10.1. The maximum atomic E-state index is 12.4. The fourth-order valence-corrected chi connectivity index (χ4v) is 1.76. The van der Waals surface area contributed by atoms with Crippen molar-refractivity contribution in [1.29, 1.82) is 0 Å². The molecule has 18 heavy (non-hydrogen) atoms. The van der Waals surface area contributed by atoms with Gasteiger partial charge in [0.05, 0.1) is 12.7 Å². The minimum Gasteiger partial charge on any atom is -0.496 e. The van der Waals surface area contributed by atoms with Crippen LogP contribution in [0.15, 0.2) is 24.3 Å². The van der Waals surface area contributed by atoms with Gasteiger partial charge in [0, 0.05) is 12.5 Å². The van der Waals surface area contributed by atoms with Crippen LogP contribution in [0.25, 0.3) is 0 Å². The number of amides is 2. The van der Waals surface area contributed by atoms with Crippen molar-refractivity contribution in [2.45, 2.75) is 33.2 Å². The third-order valence-electron chi connectivity index (χ3n) is 2.64. The van der Waals surface area contributed by atoms with E-state index in [4.69, 9.17) is 4.74 Å². The molecule has 1 aromatic carbocycles. The summed E-state index contributed by atoms with van der Waals surface area (Å²) in [5, 5.41) is 0. The molecular formula is C14H19NO3. The number of imide groups is 1. The molecule has 0 aliphatic carbocycles. The van der Waals surface area contributed by atoms with Crippen molar-refractivity contribution in [1.82, 2.24) is 4.90 Å². The molecule has 0 N–H and O–H groups in total. The van der Waals surface area contributed by atoms with Crippen molar-refractivity contribution in [3.8, 4) is 5.75 Å². The summed E-state index contributed by atoms with van der Waals surface area (Å²) in [6.07, 6.45) is 0.305. The minimum absolute atomic E-state index is 0.171. The summed E-state index contributed by atoms with van der Waals surface area (Å²) in [7, 11) is 1.51. The zero-order valence-electron chi connectivity index (χ0n) is 11.3. The van der Waals surface area contributed by atoms with Gasteiger partial charge in [-0.15, -0.1) is 0 Å². The van der Waals surface area contributed by atoms with E-state index in [0.29, 0.717) is 17.7 Å². The van der Waals surface area contributed by atoms with Crippen LogP contribution >= 0.6 is 0 Å². The first-order valence-corrected chi connectivity index (χ1v) is 6.02. The molecule has 1 rings (SSSR count). The van der Waals surface area contributed by atoms with Gasteiger partial charge in [-0.3, -0.25) is 14.5 Å². The van der Waals surface area contributed by atoms with E-state index < -0.39 is 0 Å². The van der Waals surface area contributed by atoms with Gasteiger partial charge in [0.2, 0.25) is 5.91 Å². The highest BCUT2D eigenvalue weighted by Crippen LogP contribution is 2.20. The Hall–Kier alpha value is -1.84. The summed E-state index contributed by atoms with van der Waals surface area (Å²) in [6.45, 7) is 5.38. The SMILES string of the molecule is CCC(=O)N(C(=O)c1ccccc1OC)C(C)C. The molecular weight excluding hydrogens is 230 g/mol. The van der Waals surface area contributed by atoms with Gasteiger partial charge in [-0.25, -0.2) is 0 Å². The van der Waals surface area contributed by atoms with Gasteiger partial charge in [-0.05, 0) is 26.0 Å². The molecule has 0 saturated heterocycles. The van der Waals surface area contributed by atoms with E-state index in [1.807, 2.05) is 13.8 Å². The number of hydrogen-bond acceptors (Lipinski definition) is 3. The summed E-state index contributed by atoms with van der Waals surface area (Å²) < 4.78 is 5.15. The van der Waals surface area contributed by atoms with E-state index in [1.165, 1.54) is 12.0 Å². The van der Waals surface area contributed by atoms with E-state index in [1.54, 1.807) is 31.2 Å². The van der Waals surface area contributed by atoms with Gasteiger partial charge in [0.25, 0.3) is 5.91 Å². The van der Waals surface area contributed by atoms with Gasteiger partial charge in [0.15, 0.2) is 0 Å². The van der Waals surface area contributed by atoms with E-state index in [2.05, 4.69) is 0 Å². The highest BCUT2D eigenvalue weighted by molar-refractivity contribution is 6.06. The third-order valence-corrected chi connectivity index (χ3v) is 2.64. The second kappa shape index (κ2) is 6.19. The fraction of sp³-hybridized carbons (Fsp3) is 0.429. The van der Waals surface area contributed by atoms with Crippen molar-refractivity contribution in [3.05, 3.63) is 29.8 Å². The summed E-state index contributed by atoms with van der Waals surface area (Å²) in [4.78, 5) is 25.5. The third kappa shape index (κ3) is 2.88. The quantitative estimate of drug-likeness (QED) is 0.823. The normalized spacial score (nSPS) is 10.3. The number of hydrogen-bond donors (Lipinski definition) is 0. The van der Waals surface area contributed by atoms with Crippen LogP contribution in [-0.4, -0.2) is 29.9 Å². The lowest BCUT2D eigenvalue weighted by Crippen LogP contribution is -2.41. The van der Waals surface area contributed by atoms with Crippen LogP contribution in [0.1, 0.15) is 37.6 Å². The molecule has 0 aliphatic rings. The maximum absolute atomic E-state index is 12.4. The Kier molecular flexibility index (Phi) is 4.89. The largest absolute Gasteiger partial charge is 0.496 e. The minimum atomic E-state index is -0.311. The molecule has 0 aromatic heterocycles. The number of rotatable bonds is 4. The van der Waals surface area contributed by atoms with Gasteiger partial charge in [0.1, 0.15) is 5.75 Å². The summed E-state index contributed by atoms with van der Waals surface area (Å²) >= 11 is 0. The van der Waals surface area contributed by atoms with Crippen LogP contribution in [-0.2, 0) is 4.79 Å². The average Bonchev–Trinajstić information content (AvgIpc) is 2.37. The topological polar surface area (TPSA) is 46.6 Å². The molecule has 1 aromatic rings. The van der Waals surface area contributed by atoms with Crippen molar-refractivity contribution in [2.75, 3.05) is 7.11 Å². The second-order valence-electron chi connectivity index (χ2n) is 4.22. The number of methoxy groups -OCH3 is 1. The van der Waals surface area contributed by atoms with E-state index >= 15 is 0 Å². The van der Waals surface area contributed by atoms with Gasteiger partial charge in [-0.2, -0.15) is 0 Å². The van der Waals surface area contributed by atoms with Gasteiger partial charge >= 0.3 is 0 Å². The molecule has 0 unspecified atom stereocenters. The molecule has 0 fully saturated rings. The van der Waals surface area contributed by atoms with Gasteiger partial charge < -0.3 is 4.74 Å². The van der Waals surface area contributed by atoms with Crippen LogP contribution in [0.5, 0.6) is 5.75 Å². The molecule has 0 radical (unpaired) electrons. The average molecular weight is 249 g/mol. The lowest BCUT2D eigenvalue weighted by molar-refractivity contribution is -0.129. The summed E-state index contributed by atoms with van der Waals surface area (Å²) in [5.41, 5.74) is 0.412. The van der Waals surface area contributed by atoms with Gasteiger partial charge in [-0.1, -0.05) is 19.1 Å². The zero-order chi connectivity index (χ0) is 13.7. The first-order chi connectivity index (χ1) is 8.52. The molecule has 0 bridgehead atoms. The monoisotopic (exact) mass is 249 g/mol. The molecule has 4 nitrogen and oxygen atoms in total. The van der Waals surface area contributed by atoms with Crippen LogP contribution in [0, 0.1) is 0 Å². The Morgan fingerprint density at radius 2 is 1.89 bits per heavy atom. The Bertz CT molecular complexity index is 440. The zero-order valence-corrected chi connectivity index (χ0v) is 11.3. The first kappa shape index (κ1) is 14.2. The molecule has 2 amide bonds. The smallest absolute Gasteiger partial charge is 0.264 e. The summed E-state index contributed by atoms with van der Waals surface area (Å²) in [6, 6.07) is 6.75. The molecule has 0 atom stereocenters. The van der Waals surface area contributed by atoms with Crippen molar-refractivity contribution in [2.24, 2.45) is 0 Å². The number of benzene rings is 1. The molecule has 0 spiro atoms. The van der Waals surface area contributed by atoms with E-state index in [0.717, 1.165) is 0 Å². The number of carbonyl (C=O) groups excluding carboxylic acids is 2. The van der Waals surface area contributed by atoms with Crippen LogP contribution in [0.3, 0.4) is 0 Å². The highest BCUT2D eigenvalue weighted by atomic mass is 16.5. The highest BCUT2D eigenvalue weighted by Gasteiger charge is 2.26. The molecule has 0 aliphatic heterocycles. The fourth-order valence-electron chi connectivity index (χ4n) is 1.76. The first-order valence-electron chi connectivity index (χ1n) is 6.02. The Balaban J connectivity index is 3.14. The second-order valence-corrected chi connectivity index (χ2v) is 4.22. The van der Waals surface area contributed by atoms with Crippen LogP contribution in [0.2, 0.25) is 0 Å². The molecule has 98 valence electrons. The molecule has 0 heterocycles. The number of carbonyl (C=O) groups is 2.